The van der Waals surface area contributed by atoms with Gasteiger partial charge in [-0.15, -0.1) is 11.3 Å². The zero-order valence-corrected chi connectivity index (χ0v) is 24.9. The fourth-order valence-electron chi connectivity index (χ4n) is 4.59. The first-order valence-corrected chi connectivity index (χ1v) is 14.1. The van der Waals surface area contributed by atoms with Gasteiger partial charge in [-0.2, -0.15) is 13.2 Å². The molecule has 212 valence electrons. The molecule has 3 heterocycles. The topological polar surface area (TPSA) is 83.3 Å². The molecule has 0 atom stereocenters. The van der Waals surface area contributed by atoms with Crippen LogP contribution in [0.5, 0.6) is 5.75 Å². The van der Waals surface area contributed by atoms with Gasteiger partial charge in [0.15, 0.2) is 0 Å². The number of carbonyl (C=O) groups is 1. The van der Waals surface area contributed by atoms with Gasteiger partial charge in [0, 0.05) is 32.2 Å². The van der Waals surface area contributed by atoms with E-state index in [-0.39, 0.29) is 39.9 Å². The molecule has 0 aliphatic heterocycles. The summed E-state index contributed by atoms with van der Waals surface area (Å²) < 4.78 is 53.6. The summed E-state index contributed by atoms with van der Waals surface area (Å²) in [7, 11) is 1.30. The Morgan fingerprint density at radius 3 is 2.63 bits per heavy atom. The molecule has 7 nitrogen and oxygen atoms in total. The smallest absolute Gasteiger partial charge is 0.416 e. The molecule has 0 aliphatic rings. The molecular formula is C28H20BrClF3N3O4S. The van der Waals surface area contributed by atoms with Gasteiger partial charge < -0.3 is 9.47 Å². The minimum Gasteiger partial charge on any atom is -0.491 e. The lowest BCUT2D eigenvalue weighted by molar-refractivity contribution is -0.138. The number of pyridine rings is 1. The normalized spacial score (nSPS) is 11.8. The van der Waals surface area contributed by atoms with Crippen molar-refractivity contribution in [1.82, 2.24) is 14.5 Å². The Bertz CT molecular complexity index is 1910. The Labute approximate surface area is 248 Å². The van der Waals surface area contributed by atoms with Gasteiger partial charge in [-0.1, -0.05) is 11.6 Å². The Morgan fingerprint density at radius 2 is 1.93 bits per heavy atom. The predicted octanol–water partition coefficient (Wildman–Crippen LogP) is 7.59. The van der Waals surface area contributed by atoms with Crippen molar-refractivity contribution in [2.75, 3.05) is 13.7 Å². The average molecular weight is 667 g/mol. The van der Waals surface area contributed by atoms with Crippen LogP contribution in [0.3, 0.4) is 0 Å². The number of hydrogen-bond acceptors (Lipinski definition) is 7. The monoisotopic (exact) mass is 665 g/mol. The summed E-state index contributed by atoms with van der Waals surface area (Å²) in [6, 6.07) is 7.79. The minimum atomic E-state index is -4.58. The van der Waals surface area contributed by atoms with Crippen LogP contribution < -0.4 is 10.3 Å². The highest BCUT2D eigenvalue weighted by Gasteiger charge is 2.34. The van der Waals surface area contributed by atoms with Gasteiger partial charge in [-0.3, -0.25) is 14.3 Å². The third-order valence-electron chi connectivity index (χ3n) is 6.59. The predicted molar refractivity (Wildman–Crippen MR) is 155 cm³/mol. The third-order valence-corrected chi connectivity index (χ3v) is 8.82. The van der Waals surface area contributed by atoms with Crippen LogP contribution in [0.15, 0.2) is 51.2 Å². The lowest BCUT2D eigenvalue weighted by atomic mass is 10.0. The average Bonchev–Trinajstić information content (AvgIpc) is 3.36. The van der Waals surface area contributed by atoms with Gasteiger partial charge in [-0.25, -0.2) is 9.78 Å². The highest BCUT2D eigenvalue weighted by atomic mass is 79.9. The van der Waals surface area contributed by atoms with Gasteiger partial charge in [0.1, 0.15) is 18.2 Å². The second-order valence-electron chi connectivity index (χ2n) is 9.04. The number of aryl methyl sites for hydroxylation is 1. The number of nitrogens with zero attached hydrogens (tertiary/aromatic N) is 3. The van der Waals surface area contributed by atoms with Crippen LogP contribution in [-0.4, -0.2) is 34.2 Å². The van der Waals surface area contributed by atoms with Crippen LogP contribution in [0.1, 0.15) is 27.3 Å². The number of methoxy groups -OCH3 is 1. The number of benzene rings is 2. The largest absolute Gasteiger partial charge is 0.491 e. The third kappa shape index (κ3) is 5.31. The van der Waals surface area contributed by atoms with E-state index in [4.69, 9.17) is 21.1 Å². The molecular weight excluding hydrogens is 647 g/mol. The van der Waals surface area contributed by atoms with E-state index in [1.165, 1.54) is 29.9 Å². The zero-order chi connectivity index (χ0) is 29.6. The summed E-state index contributed by atoms with van der Waals surface area (Å²) in [4.78, 5) is 34.2. The molecule has 5 rings (SSSR count). The minimum absolute atomic E-state index is 0.0431. The van der Waals surface area contributed by atoms with E-state index in [9.17, 15) is 22.8 Å². The number of thiophene rings is 1. The highest BCUT2D eigenvalue weighted by Crippen LogP contribution is 2.40. The fourth-order valence-corrected chi connectivity index (χ4v) is 6.37. The molecule has 0 saturated carbocycles. The zero-order valence-electron chi connectivity index (χ0n) is 21.7. The SMILES string of the molecule is COC(=O)c1csc2c(-c3cc(Cl)ccc3OCCn3c(C)nc4cc(C(F)(F)F)c(C)c(Br)c4c3=O)ccnc12. The van der Waals surface area contributed by atoms with Crippen LogP contribution in [0.25, 0.3) is 32.2 Å². The second-order valence-corrected chi connectivity index (χ2v) is 11.1. The van der Waals surface area contributed by atoms with Gasteiger partial charge in [0.05, 0.1) is 45.9 Å². The van der Waals surface area contributed by atoms with Crippen molar-refractivity contribution in [3.05, 3.63) is 84.3 Å². The van der Waals surface area contributed by atoms with Gasteiger partial charge in [0.25, 0.3) is 5.56 Å². The number of fused-ring (bicyclic) bond motifs is 2. The number of alkyl halides is 3. The number of halogens is 5. The van der Waals surface area contributed by atoms with Crippen molar-refractivity contribution in [1.29, 1.82) is 0 Å². The molecule has 41 heavy (non-hydrogen) atoms. The quantitative estimate of drug-likeness (QED) is 0.174. The molecule has 0 unspecified atom stereocenters. The van der Waals surface area contributed by atoms with E-state index in [1.54, 1.807) is 42.8 Å². The Morgan fingerprint density at radius 1 is 1.17 bits per heavy atom. The van der Waals surface area contributed by atoms with Crippen molar-refractivity contribution in [2.45, 2.75) is 26.6 Å². The summed E-state index contributed by atoms with van der Waals surface area (Å²) in [5, 5.41) is 2.20. The number of rotatable bonds is 6. The molecule has 0 saturated heterocycles. The van der Waals surface area contributed by atoms with Crippen LogP contribution in [0.2, 0.25) is 5.02 Å². The summed E-state index contributed by atoms with van der Waals surface area (Å²) in [5.74, 6) is 0.224. The maximum Gasteiger partial charge on any atom is 0.416 e. The first kappa shape index (κ1) is 29.0. The number of esters is 1. The molecule has 0 spiro atoms. The van der Waals surface area contributed by atoms with Gasteiger partial charge in [-0.05, 0) is 65.7 Å². The van der Waals surface area contributed by atoms with Crippen LogP contribution >= 0.6 is 38.9 Å². The molecule has 3 aromatic heterocycles. The summed E-state index contributed by atoms with van der Waals surface area (Å²) >= 11 is 10.8. The van der Waals surface area contributed by atoms with E-state index >= 15 is 0 Å². The second kappa shape index (κ2) is 11.1. The maximum atomic E-state index is 13.5. The van der Waals surface area contributed by atoms with E-state index in [2.05, 4.69) is 25.9 Å². The molecule has 5 aromatic rings. The standard InChI is InChI=1S/C28H20BrClF3N3O4S/c1-13-19(28(31,32)33)11-20-22(23(13)29)26(37)36(14(2)35-20)8-9-40-21-5-4-15(30)10-17(21)16-6-7-34-24-18(27(38)39-3)12-41-25(16)24/h4-7,10-12H,8-9H2,1-3H3. The van der Waals surface area contributed by atoms with Crippen molar-refractivity contribution in [3.63, 3.8) is 0 Å². The van der Waals surface area contributed by atoms with E-state index in [0.29, 0.717) is 27.4 Å². The molecule has 0 radical (unpaired) electrons. The Kier molecular flexibility index (Phi) is 7.84. The maximum absolute atomic E-state index is 13.5. The van der Waals surface area contributed by atoms with Crippen LogP contribution in [0, 0.1) is 13.8 Å². The molecule has 13 heteroatoms. The summed E-state index contributed by atoms with van der Waals surface area (Å²) in [5.41, 5.74) is 0.767. The number of hydrogen-bond donors (Lipinski definition) is 0. The molecule has 2 aromatic carbocycles. The summed E-state index contributed by atoms with van der Waals surface area (Å²) in [6.07, 6.45) is -3.00. The van der Waals surface area contributed by atoms with E-state index in [1.807, 2.05) is 0 Å². The van der Waals surface area contributed by atoms with Crippen LogP contribution in [0.4, 0.5) is 13.2 Å². The first-order chi connectivity index (χ1) is 19.4. The fraction of sp³-hybridized carbons (Fsp3) is 0.214. The molecule has 0 amide bonds. The van der Waals surface area contributed by atoms with Gasteiger partial charge in [0.2, 0.25) is 0 Å². The lowest BCUT2D eigenvalue weighted by Crippen LogP contribution is -2.27. The van der Waals surface area contributed by atoms with E-state index in [0.717, 1.165) is 16.3 Å². The Balaban J connectivity index is 1.48. The van der Waals surface area contributed by atoms with Crippen LogP contribution in [-0.2, 0) is 17.5 Å². The molecule has 0 bridgehead atoms. The molecule has 0 N–H and O–H groups in total. The van der Waals surface area contributed by atoms with Crippen molar-refractivity contribution in [2.24, 2.45) is 0 Å². The van der Waals surface area contributed by atoms with Crippen molar-refractivity contribution in [3.8, 4) is 16.9 Å². The number of carbonyl (C=O) groups excluding carboxylic acids is 1. The molecule has 0 aliphatic carbocycles. The highest BCUT2D eigenvalue weighted by molar-refractivity contribution is 9.10. The van der Waals surface area contributed by atoms with Crippen molar-refractivity contribution < 1.29 is 27.4 Å². The number of ether oxygens (including phenoxy) is 2. The summed E-state index contributed by atoms with van der Waals surface area (Å²) in [6.45, 7) is 2.99. The van der Waals surface area contributed by atoms with Gasteiger partial charge >= 0.3 is 12.1 Å². The Hall–Kier alpha value is -3.48. The molecule has 0 fully saturated rings. The number of aromatic nitrogens is 3. The van der Waals surface area contributed by atoms with Crippen molar-refractivity contribution >= 4 is 66.0 Å². The lowest BCUT2D eigenvalue weighted by Gasteiger charge is -2.17. The first-order valence-electron chi connectivity index (χ1n) is 12.1. The van der Waals surface area contributed by atoms with E-state index < -0.39 is 23.3 Å².